The minimum Gasteiger partial charge on any atom is -0.462 e. The van der Waals surface area contributed by atoms with E-state index in [0.717, 1.165) is 0 Å². The van der Waals surface area contributed by atoms with Crippen molar-refractivity contribution in [2.45, 2.75) is 45.8 Å². The van der Waals surface area contributed by atoms with E-state index in [0.29, 0.717) is 18.8 Å². The van der Waals surface area contributed by atoms with Crippen LogP contribution in [0.3, 0.4) is 0 Å². The minimum atomic E-state index is -1.82. The van der Waals surface area contributed by atoms with E-state index in [1.165, 1.54) is 6.20 Å². The van der Waals surface area contributed by atoms with Crippen molar-refractivity contribution in [3.05, 3.63) is 16.9 Å². The van der Waals surface area contributed by atoms with Gasteiger partial charge in [-0.05, 0) is 25.1 Å². The number of esters is 1. The second kappa shape index (κ2) is 8.18. The molecule has 0 bridgehead atoms. The lowest BCUT2D eigenvalue weighted by Crippen LogP contribution is -2.41. The highest BCUT2D eigenvalue weighted by Gasteiger charge is 2.36. The van der Waals surface area contributed by atoms with Gasteiger partial charge in [0.05, 0.1) is 24.6 Å². The Kier molecular flexibility index (Phi) is 7.06. The highest BCUT2D eigenvalue weighted by atomic mass is 35.5. The summed E-state index contributed by atoms with van der Waals surface area (Å²) in [5.74, 6) is -0.485. The summed E-state index contributed by atoms with van der Waals surface area (Å²) < 4.78 is 11.1. The summed E-state index contributed by atoms with van der Waals surface area (Å²) in [6, 6.07) is 0. The molecular weight excluding hydrogens is 346 g/mol. The second-order valence-corrected chi connectivity index (χ2v) is 12.2. The summed E-state index contributed by atoms with van der Waals surface area (Å²) in [5, 5.41) is 3.42. The van der Waals surface area contributed by atoms with Gasteiger partial charge in [-0.15, -0.1) is 0 Å². The lowest BCUT2D eigenvalue weighted by atomic mass is 10.2. The van der Waals surface area contributed by atoms with Crippen LogP contribution >= 0.6 is 11.6 Å². The van der Waals surface area contributed by atoms with Gasteiger partial charge in [0.1, 0.15) is 5.56 Å². The van der Waals surface area contributed by atoms with Crippen molar-refractivity contribution in [1.29, 1.82) is 0 Å². The van der Waals surface area contributed by atoms with E-state index in [1.54, 1.807) is 6.92 Å². The monoisotopic (exact) mass is 373 g/mol. The zero-order valence-electron chi connectivity index (χ0n) is 15.3. The molecule has 0 spiro atoms. The van der Waals surface area contributed by atoms with Crippen LogP contribution < -0.4 is 11.1 Å². The molecule has 1 aromatic heterocycles. The molecule has 0 amide bonds. The normalized spacial score (nSPS) is 12.1. The van der Waals surface area contributed by atoms with Crippen LogP contribution in [0.4, 0.5) is 11.4 Å². The molecule has 8 heteroatoms. The number of hydrogen-bond acceptors (Lipinski definition) is 6. The first-order valence-electron chi connectivity index (χ1n) is 8.00. The van der Waals surface area contributed by atoms with Crippen molar-refractivity contribution in [3.63, 3.8) is 0 Å². The Bertz CT molecular complexity index is 589. The molecule has 0 aliphatic heterocycles. The number of nitrogens with zero attached hydrogens (tertiary/aromatic N) is 1. The fourth-order valence-electron chi connectivity index (χ4n) is 1.76. The molecule has 24 heavy (non-hydrogen) atoms. The van der Waals surface area contributed by atoms with Crippen LogP contribution in [0.5, 0.6) is 0 Å². The van der Waals surface area contributed by atoms with Gasteiger partial charge in [-0.2, -0.15) is 0 Å². The average molecular weight is 374 g/mol. The maximum Gasteiger partial charge on any atom is 0.341 e. The maximum absolute atomic E-state index is 12.0. The van der Waals surface area contributed by atoms with Crippen LogP contribution in [0.15, 0.2) is 6.20 Å². The van der Waals surface area contributed by atoms with E-state index < -0.39 is 14.3 Å². The molecule has 0 aliphatic rings. The lowest BCUT2D eigenvalue weighted by molar-refractivity contribution is 0.0527. The van der Waals surface area contributed by atoms with Gasteiger partial charge in [0, 0.05) is 12.7 Å². The number of pyridine rings is 1. The smallest absolute Gasteiger partial charge is 0.341 e. The van der Waals surface area contributed by atoms with Crippen molar-refractivity contribution in [2.24, 2.45) is 0 Å². The largest absolute Gasteiger partial charge is 0.462 e. The molecular formula is C16H28ClN3O3Si. The molecule has 136 valence electrons. The Labute approximate surface area is 150 Å². The van der Waals surface area contributed by atoms with Crippen LogP contribution in [-0.2, 0) is 9.16 Å². The highest BCUT2D eigenvalue weighted by molar-refractivity contribution is 6.74. The summed E-state index contributed by atoms with van der Waals surface area (Å²) >= 11 is 5.96. The summed E-state index contributed by atoms with van der Waals surface area (Å²) in [7, 11) is -1.82. The molecule has 0 saturated carbocycles. The van der Waals surface area contributed by atoms with Crippen molar-refractivity contribution in [1.82, 2.24) is 4.98 Å². The first kappa shape index (κ1) is 20.7. The molecule has 0 aromatic carbocycles. The third kappa shape index (κ3) is 5.09. The molecule has 0 fully saturated rings. The fraction of sp³-hybridized carbons (Fsp3) is 0.625. The average Bonchev–Trinajstić information content (AvgIpc) is 2.46. The summed E-state index contributed by atoms with van der Waals surface area (Å²) in [6.45, 7) is 14.0. The molecule has 0 atom stereocenters. The van der Waals surface area contributed by atoms with Gasteiger partial charge in [-0.3, -0.25) is 0 Å². The first-order valence-corrected chi connectivity index (χ1v) is 11.3. The maximum atomic E-state index is 12.0. The Morgan fingerprint density at radius 3 is 2.58 bits per heavy atom. The molecule has 0 aliphatic carbocycles. The molecule has 1 heterocycles. The van der Waals surface area contributed by atoms with E-state index in [1.807, 2.05) is 0 Å². The Morgan fingerprint density at radius 2 is 2.04 bits per heavy atom. The zero-order chi connectivity index (χ0) is 18.5. The van der Waals surface area contributed by atoms with Crippen LogP contribution in [0.1, 0.15) is 38.1 Å². The number of carbonyl (C=O) groups excluding carboxylic acids is 1. The number of anilines is 2. The topological polar surface area (TPSA) is 86.5 Å². The number of halogens is 1. The number of nitrogens with two attached hydrogens (primary N) is 1. The van der Waals surface area contributed by atoms with Gasteiger partial charge in [0.25, 0.3) is 0 Å². The van der Waals surface area contributed by atoms with Crippen molar-refractivity contribution >= 4 is 37.3 Å². The molecule has 1 aromatic rings. The quantitative estimate of drug-likeness (QED) is 0.326. The number of carbonyl (C=O) groups is 1. The number of nitrogen functional groups attached to an aromatic ring is 1. The van der Waals surface area contributed by atoms with Gasteiger partial charge >= 0.3 is 5.97 Å². The molecule has 0 saturated heterocycles. The Balaban J connectivity index is 2.81. The molecule has 0 unspecified atom stereocenters. The third-order valence-electron chi connectivity index (χ3n) is 4.24. The van der Waals surface area contributed by atoms with E-state index in [4.69, 9.17) is 26.5 Å². The van der Waals surface area contributed by atoms with Gasteiger partial charge in [-0.1, -0.05) is 32.4 Å². The zero-order valence-corrected chi connectivity index (χ0v) is 17.1. The number of rotatable bonds is 7. The van der Waals surface area contributed by atoms with Gasteiger partial charge in [0.15, 0.2) is 13.5 Å². The van der Waals surface area contributed by atoms with Crippen LogP contribution in [0.2, 0.25) is 23.3 Å². The first-order chi connectivity index (χ1) is 11.0. The SMILES string of the molecule is CCOC(=O)c1cnc(Cl)c(N)c1NCCO[Si](C)(C)C(C)(C)C. The number of hydrogen-bond donors (Lipinski definition) is 2. The predicted octanol–water partition coefficient (Wildman–Crippen LogP) is 3.93. The molecule has 6 nitrogen and oxygen atoms in total. The van der Waals surface area contributed by atoms with E-state index in [-0.39, 0.29) is 28.0 Å². The minimum absolute atomic E-state index is 0.141. The number of ether oxygens (including phenoxy) is 1. The lowest BCUT2D eigenvalue weighted by Gasteiger charge is -2.36. The second-order valence-electron chi connectivity index (χ2n) is 7.01. The molecule has 1 rings (SSSR count). The third-order valence-corrected chi connectivity index (χ3v) is 9.08. The molecule has 3 N–H and O–H groups in total. The van der Waals surface area contributed by atoms with Crippen LogP contribution in [0.25, 0.3) is 0 Å². The van der Waals surface area contributed by atoms with E-state index in [9.17, 15) is 4.79 Å². The van der Waals surface area contributed by atoms with E-state index >= 15 is 0 Å². The summed E-state index contributed by atoms with van der Waals surface area (Å²) in [5.41, 5.74) is 6.90. The van der Waals surface area contributed by atoms with Crippen LogP contribution in [-0.4, -0.2) is 39.0 Å². The van der Waals surface area contributed by atoms with Crippen molar-refractivity contribution < 1.29 is 14.0 Å². The number of aromatic nitrogens is 1. The predicted molar refractivity (Wildman–Crippen MR) is 101 cm³/mol. The standard InChI is InChI=1S/C16H28ClN3O3Si/c1-7-22-15(21)11-10-20-14(17)12(18)13(11)19-8-9-23-24(5,6)16(2,3)4/h10H,7-9,18H2,1-6H3,(H,19,20). The van der Waals surface area contributed by atoms with E-state index in [2.05, 4.69) is 44.2 Å². The highest BCUT2D eigenvalue weighted by Crippen LogP contribution is 2.36. The molecule has 0 radical (unpaired) electrons. The van der Waals surface area contributed by atoms with Crippen molar-refractivity contribution in [3.8, 4) is 0 Å². The Morgan fingerprint density at radius 1 is 1.42 bits per heavy atom. The van der Waals surface area contributed by atoms with Crippen molar-refractivity contribution in [2.75, 3.05) is 30.8 Å². The van der Waals surface area contributed by atoms with Crippen LogP contribution in [0, 0.1) is 0 Å². The number of nitrogens with one attached hydrogen (secondary N) is 1. The fourth-order valence-corrected chi connectivity index (χ4v) is 2.95. The van der Waals surface area contributed by atoms with Gasteiger partial charge in [0.2, 0.25) is 0 Å². The summed E-state index contributed by atoms with van der Waals surface area (Å²) in [4.78, 5) is 15.9. The van der Waals surface area contributed by atoms with Gasteiger partial charge < -0.3 is 20.2 Å². The summed E-state index contributed by atoms with van der Waals surface area (Å²) in [6.07, 6.45) is 1.37. The Hall–Kier alpha value is -1.31. The van der Waals surface area contributed by atoms with Gasteiger partial charge in [-0.25, -0.2) is 9.78 Å².